The fraction of sp³-hybridized carbons (Fsp3) is 0.667. The lowest BCUT2D eigenvalue weighted by Gasteiger charge is -2.32. The molecule has 0 spiro atoms. The maximum Gasteiger partial charge on any atom is 0.412 e. The Balaban J connectivity index is 3.15. The molecule has 0 atom stereocenters. The van der Waals surface area contributed by atoms with Crippen molar-refractivity contribution in [3.63, 3.8) is 0 Å². The molecule has 0 aromatic carbocycles. The number of anilines is 1. The molecule has 0 aliphatic heterocycles. The summed E-state index contributed by atoms with van der Waals surface area (Å²) < 4.78 is 1.57. The number of aliphatic hydroxyl groups excluding tert-OH is 1. The summed E-state index contributed by atoms with van der Waals surface area (Å²) >= 11 is 0. The van der Waals surface area contributed by atoms with Crippen molar-refractivity contribution in [1.29, 1.82) is 0 Å². The number of rotatable bonds is 3. The highest BCUT2D eigenvalue weighted by atomic mass is 16.4. The van der Waals surface area contributed by atoms with Crippen molar-refractivity contribution in [3.05, 3.63) is 12.4 Å². The summed E-state index contributed by atoms with van der Waals surface area (Å²) in [6.45, 7) is 9.02. The Labute approximate surface area is 107 Å². The van der Waals surface area contributed by atoms with Crippen molar-refractivity contribution in [2.75, 3.05) is 11.5 Å². The van der Waals surface area contributed by atoms with E-state index in [2.05, 4.69) is 5.10 Å². The van der Waals surface area contributed by atoms with E-state index in [9.17, 15) is 15.0 Å². The van der Waals surface area contributed by atoms with Gasteiger partial charge in [0.05, 0.1) is 24.0 Å². The van der Waals surface area contributed by atoms with Crippen LogP contribution < -0.4 is 4.90 Å². The van der Waals surface area contributed by atoms with Crippen LogP contribution in [0.1, 0.15) is 34.6 Å². The lowest BCUT2D eigenvalue weighted by atomic mass is 10.1. The zero-order valence-corrected chi connectivity index (χ0v) is 11.5. The molecule has 1 aromatic heterocycles. The Bertz CT molecular complexity index is 432. The largest absolute Gasteiger partial charge is 0.465 e. The van der Waals surface area contributed by atoms with E-state index in [4.69, 9.17) is 0 Å². The van der Waals surface area contributed by atoms with Crippen LogP contribution >= 0.6 is 0 Å². The smallest absolute Gasteiger partial charge is 0.412 e. The Morgan fingerprint density at radius 1 is 1.39 bits per heavy atom. The van der Waals surface area contributed by atoms with E-state index in [0.717, 1.165) is 0 Å². The van der Waals surface area contributed by atoms with Crippen molar-refractivity contribution in [2.24, 2.45) is 0 Å². The van der Waals surface area contributed by atoms with Crippen molar-refractivity contribution >= 4 is 11.8 Å². The van der Waals surface area contributed by atoms with Gasteiger partial charge in [-0.05, 0) is 34.6 Å². The Hall–Kier alpha value is -1.56. The third kappa shape index (κ3) is 2.81. The minimum atomic E-state index is -1.02. The molecule has 0 saturated heterocycles. The number of aliphatic hydroxyl groups is 1. The van der Waals surface area contributed by atoms with Crippen LogP contribution in [0, 0.1) is 0 Å². The topological polar surface area (TPSA) is 78.6 Å². The standard InChI is InChI=1S/C12H21N3O3/c1-11(2,3)15(10(17)18)9-6-13-14(7-9)12(4,5)8-16/h6-7,16H,8H2,1-5H3,(H,17,18). The Morgan fingerprint density at radius 3 is 2.33 bits per heavy atom. The number of carbonyl (C=O) groups is 1. The number of nitrogens with zero attached hydrogens (tertiary/aromatic N) is 3. The van der Waals surface area contributed by atoms with Crippen molar-refractivity contribution < 1.29 is 15.0 Å². The molecule has 0 bridgehead atoms. The van der Waals surface area contributed by atoms with Gasteiger partial charge in [-0.1, -0.05) is 0 Å². The number of amides is 1. The minimum absolute atomic E-state index is 0.0727. The molecule has 0 radical (unpaired) electrons. The van der Waals surface area contributed by atoms with Gasteiger partial charge in [0.15, 0.2) is 0 Å². The van der Waals surface area contributed by atoms with Crippen molar-refractivity contribution in [1.82, 2.24) is 9.78 Å². The predicted octanol–water partition coefficient (Wildman–Crippen LogP) is 1.89. The summed E-state index contributed by atoms with van der Waals surface area (Å²) in [4.78, 5) is 12.6. The first-order valence-corrected chi connectivity index (χ1v) is 5.79. The second kappa shape index (κ2) is 4.61. The van der Waals surface area contributed by atoms with Gasteiger partial charge in [0.25, 0.3) is 0 Å². The molecule has 0 unspecified atom stereocenters. The van der Waals surface area contributed by atoms with Crippen molar-refractivity contribution in [3.8, 4) is 0 Å². The van der Waals surface area contributed by atoms with E-state index >= 15 is 0 Å². The summed E-state index contributed by atoms with van der Waals surface area (Å²) in [6.07, 6.45) is 2.11. The predicted molar refractivity (Wildman–Crippen MR) is 68.9 cm³/mol. The number of carboxylic acid groups (broad SMARTS) is 1. The molecule has 0 fully saturated rings. The van der Waals surface area contributed by atoms with Crippen LogP contribution in [0.5, 0.6) is 0 Å². The molecule has 102 valence electrons. The summed E-state index contributed by atoms with van der Waals surface area (Å²) in [5.41, 5.74) is -0.611. The summed E-state index contributed by atoms with van der Waals surface area (Å²) in [6, 6.07) is 0. The minimum Gasteiger partial charge on any atom is -0.465 e. The number of aromatic nitrogens is 2. The highest BCUT2D eigenvalue weighted by Gasteiger charge is 2.30. The lowest BCUT2D eigenvalue weighted by Crippen LogP contribution is -2.45. The maximum atomic E-state index is 11.3. The zero-order chi connectivity index (χ0) is 14.1. The van der Waals surface area contributed by atoms with Crippen LogP contribution in [0.3, 0.4) is 0 Å². The number of hydrogen-bond donors (Lipinski definition) is 2. The molecular formula is C12H21N3O3. The van der Waals surface area contributed by atoms with Gasteiger partial charge in [-0.3, -0.25) is 9.58 Å². The van der Waals surface area contributed by atoms with E-state index in [1.54, 1.807) is 10.9 Å². The monoisotopic (exact) mass is 255 g/mol. The van der Waals surface area contributed by atoms with Gasteiger partial charge in [0.1, 0.15) is 0 Å². The SMILES string of the molecule is CC(C)(C)N(C(=O)O)c1cnn(C(C)(C)CO)c1. The van der Waals surface area contributed by atoms with E-state index < -0.39 is 17.2 Å². The Morgan fingerprint density at radius 2 is 1.94 bits per heavy atom. The highest BCUT2D eigenvalue weighted by molar-refractivity contribution is 5.87. The first kappa shape index (κ1) is 14.5. The Kier molecular flexibility index (Phi) is 3.71. The quantitative estimate of drug-likeness (QED) is 0.864. The average molecular weight is 255 g/mol. The van der Waals surface area contributed by atoms with Gasteiger partial charge in [0, 0.05) is 11.7 Å². The van der Waals surface area contributed by atoms with Gasteiger partial charge in [0.2, 0.25) is 0 Å². The summed E-state index contributed by atoms with van der Waals surface area (Å²) in [7, 11) is 0. The fourth-order valence-corrected chi connectivity index (χ4v) is 1.62. The highest BCUT2D eigenvalue weighted by Crippen LogP contribution is 2.25. The molecule has 0 saturated carbocycles. The van der Waals surface area contributed by atoms with E-state index in [0.29, 0.717) is 5.69 Å². The summed E-state index contributed by atoms with van der Waals surface area (Å²) in [5.74, 6) is 0. The van der Waals surface area contributed by atoms with Crippen LogP contribution in [0.4, 0.5) is 10.5 Å². The normalized spacial score (nSPS) is 12.6. The summed E-state index contributed by atoms with van der Waals surface area (Å²) in [5, 5.41) is 22.7. The molecule has 0 aliphatic rings. The van der Waals surface area contributed by atoms with Crippen LogP contribution in [0.15, 0.2) is 12.4 Å². The van der Waals surface area contributed by atoms with E-state index in [1.807, 2.05) is 34.6 Å². The van der Waals surface area contributed by atoms with Gasteiger partial charge < -0.3 is 10.2 Å². The van der Waals surface area contributed by atoms with Crippen LogP contribution in [0.2, 0.25) is 0 Å². The second-order valence-electron chi connectivity index (χ2n) is 5.90. The molecule has 6 nitrogen and oxygen atoms in total. The molecule has 2 N–H and O–H groups in total. The van der Waals surface area contributed by atoms with E-state index in [-0.39, 0.29) is 6.61 Å². The number of hydrogen-bond acceptors (Lipinski definition) is 3. The molecule has 18 heavy (non-hydrogen) atoms. The van der Waals surface area contributed by atoms with Gasteiger partial charge in [-0.2, -0.15) is 5.10 Å². The van der Waals surface area contributed by atoms with Crippen LogP contribution in [-0.2, 0) is 5.54 Å². The fourth-order valence-electron chi connectivity index (χ4n) is 1.62. The average Bonchev–Trinajstić information content (AvgIpc) is 2.64. The van der Waals surface area contributed by atoms with Crippen molar-refractivity contribution in [2.45, 2.75) is 45.7 Å². The first-order valence-electron chi connectivity index (χ1n) is 5.79. The first-order chi connectivity index (χ1) is 8.09. The molecular weight excluding hydrogens is 234 g/mol. The molecule has 1 heterocycles. The molecule has 1 rings (SSSR count). The van der Waals surface area contributed by atoms with E-state index in [1.165, 1.54) is 11.1 Å². The third-order valence-corrected chi connectivity index (χ3v) is 2.70. The second-order valence-corrected chi connectivity index (χ2v) is 5.90. The van der Waals surface area contributed by atoms with Gasteiger partial charge in [-0.15, -0.1) is 0 Å². The lowest BCUT2D eigenvalue weighted by molar-refractivity contribution is 0.152. The molecule has 6 heteroatoms. The third-order valence-electron chi connectivity index (χ3n) is 2.70. The molecule has 0 aliphatic carbocycles. The molecule has 1 amide bonds. The van der Waals surface area contributed by atoms with Gasteiger partial charge in [-0.25, -0.2) is 4.79 Å². The zero-order valence-electron chi connectivity index (χ0n) is 11.5. The molecule has 1 aromatic rings. The van der Waals surface area contributed by atoms with Crippen LogP contribution in [-0.4, -0.2) is 38.2 Å². The van der Waals surface area contributed by atoms with Gasteiger partial charge >= 0.3 is 6.09 Å². The maximum absolute atomic E-state index is 11.3. The van der Waals surface area contributed by atoms with Crippen LogP contribution in [0.25, 0.3) is 0 Å².